The summed E-state index contributed by atoms with van der Waals surface area (Å²) in [4.78, 5) is 2.43. The van der Waals surface area contributed by atoms with Gasteiger partial charge >= 0.3 is 0 Å². The van der Waals surface area contributed by atoms with Crippen molar-refractivity contribution in [1.29, 1.82) is 0 Å². The minimum Gasteiger partial charge on any atom is -0.356 e. The maximum atomic E-state index is 5.44. The lowest BCUT2D eigenvalue weighted by Gasteiger charge is -2.33. The molecule has 3 rings (SSSR count). The summed E-state index contributed by atoms with van der Waals surface area (Å²) < 4.78 is 5.44. The van der Waals surface area contributed by atoms with E-state index in [-0.39, 0.29) is 12.4 Å². The molecule has 2 heterocycles. The molecule has 20 heavy (non-hydrogen) atoms. The topological polar surface area (TPSA) is 41.3 Å². The van der Waals surface area contributed by atoms with Crippen LogP contribution in [0.3, 0.4) is 0 Å². The molecule has 1 N–H and O–H groups in total. The summed E-state index contributed by atoms with van der Waals surface area (Å²) in [6.07, 6.45) is 0. The monoisotopic (exact) mass is 293 g/mol. The molecule has 0 radical (unpaired) electrons. The number of nitrogens with zero attached hydrogens (tertiary/aromatic N) is 2. The van der Waals surface area contributed by atoms with Crippen molar-refractivity contribution < 1.29 is 4.52 Å². The fourth-order valence-electron chi connectivity index (χ4n) is 2.45. The van der Waals surface area contributed by atoms with Crippen LogP contribution in [0.5, 0.6) is 0 Å². The van der Waals surface area contributed by atoms with Crippen LogP contribution in [0.15, 0.2) is 40.9 Å². The lowest BCUT2D eigenvalue weighted by molar-refractivity contribution is 0.161. The first-order valence-corrected chi connectivity index (χ1v) is 6.79. The molecule has 1 aliphatic rings. The highest BCUT2D eigenvalue weighted by Gasteiger charge is 2.19. The third-order valence-electron chi connectivity index (χ3n) is 3.62. The standard InChI is InChI=1S/C15H19N3O.ClH/c1-12-10-16-7-8-18(12)11-14-9-15(19-17-14)13-5-3-2-4-6-13;/h2-6,9,12,16H,7-8,10-11H2,1H3;1H. The first-order valence-electron chi connectivity index (χ1n) is 6.79. The van der Waals surface area contributed by atoms with E-state index in [9.17, 15) is 0 Å². The van der Waals surface area contributed by atoms with E-state index in [0.717, 1.165) is 43.2 Å². The van der Waals surface area contributed by atoms with Gasteiger partial charge in [-0.3, -0.25) is 4.90 Å². The fourth-order valence-corrected chi connectivity index (χ4v) is 2.45. The maximum Gasteiger partial charge on any atom is 0.167 e. The van der Waals surface area contributed by atoms with Gasteiger partial charge < -0.3 is 9.84 Å². The van der Waals surface area contributed by atoms with Crippen molar-refractivity contribution in [2.24, 2.45) is 0 Å². The lowest BCUT2D eigenvalue weighted by Crippen LogP contribution is -2.49. The number of piperazine rings is 1. The Hall–Kier alpha value is -1.36. The normalized spacial score (nSPS) is 19.6. The van der Waals surface area contributed by atoms with Gasteiger partial charge in [0.2, 0.25) is 0 Å². The smallest absolute Gasteiger partial charge is 0.167 e. The summed E-state index contributed by atoms with van der Waals surface area (Å²) in [7, 11) is 0. The Balaban J connectivity index is 0.00000147. The van der Waals surface area contributed by atoms with Crippen LogP contribution >= 0.6 is 12.4 Å². The Morgan fingerprint density at radius 3 is 2.90 bits per heavy atom. The van der Waals surface area contributed by atoms with Crippen LogP contribution < -0.4 is 5.32 Å². The molecule has 1 fully saturated rings. The zero-order valence-electron chi connectivity index (χ0n) is 11.6. The number of rotatable bonds is 3. The van der Waals surface area contributed by atoms with Crippen molar-refractivity contribution in [3.8, 4) is 11.3 Å². The predicted molar refractivity (Wildman–Crippen MR) is 81.9 cm³/mol. The lowest BCUT2D eigenvalue weighted by atomic mass is 10.1. The van der Waals surface area contributed by atoms with Crippen molar-refractivity contribution in [2.75, 3.05) is 19.6 Å². The molecule has 1 aromatic carbocycles. The van der Waals surface area contributed by atoms with E-state index in [0.29, 0.717) is 6.04 Å². The maximum absolute atomic E-state index is 5.44. The SMILES string of the molecule is CC1CNCCN1Cc1cc(-c2ccccc2)on1.Cl. The number of hydrogen-bond donors (Lipinski definition) is 1. The van der Waals surface area contributed by atoms with Gasteiger partial charge in [0.05, 0.1) is 5.69 Å². The summed E-state index contributed by atoms with van der Waals surface area (Å²) >= 11 is 0. The molecular weight excluding hydrogens is 274 g/mol. The van der Waals surface area contributed by atoms with E-state index in [1.165, 1.54) is 0 Å². The Morgan fingerprint density at radius 1 is 1.35 bits per heavy atom. The van der Waals surface area contributed by atoms with Crippen LogP contribution in [-0.2, 0) is 6.54 Å². The van der Waals surface area contributed by atoms with Crippen LogP contribution in [0.2, 0.25) is 0 Å². The molecule has 0 amide bonds. The summed E-state index contributed by atoms with van der Waals surface area (Å²) in [5, 5.41) is 7.58. The Bertz CT molecular complexity index is 529. The fraction of sp³-hybridized carbons (Fsp3) is 0.400. The molecule has 2 aromatic rings. The highest BCUT2D eigenvalue weighted by Crippen LogP contribution is 2.20. The quantitative estimate of drug-likeness (QED) is 0.944. The summed E-state index contributed by atoms with van der Waals surface area (Å²) in [5.41, 5.74) is 2.09. The Morgan fingerprint density at radius 2 is 2.15 bits per heavy atom. The zero-order valence-corrected chi connectivity index (χ0v) is 12.4. The summed E-state index contributed by atoms with van der Waals surface area (Å²) in [6.45, 7) is 6.26. The van der Waals surface area contributed by atoms with Crippen LogP contribution in [0.1, 0.15) is 12.6 Å². The van der Waals surface area contributed by atoms with Crippen LogP contribution in [0.25, 0.3) is 11.3 Å². The Kier molecular flexibility index (Phi) is 5.17. The van der Waals surface area contributed by atoms with Gasteiger partial charge in [0.25, 0.3) is 0 Å². The molecule has 0 spiro atoms. The van der Waals surface area contributed by atoms with Gasteiger partial charge in [-0.25, -0.2) is 0 Å². The van der Waals surface area contributed by atoms with E-state index < -0.39 is 0 Å². The van der Waals surface area contributed by atoms with Crippen molar-refractivity contribution >= 4 is 12.4 Å². The minimum atomic E-state index is 0. The number of nitrogens with one attached hydrogen (secondary N) is 1. The van der Waals surface area contributed by atoms with E-state index in [2.05, 4.69) is 22.3 Å². The number of benzene rings is 1. The number of hydrogen-bond acceptors (Lipinski definition) is 4. The molecular formula is C15H20ClN3O. The van der Waals surface area contributed by atoms with Gasteiger partial charge in [-0.15, -0.1) is 12.4 Å². The van der Waals surface area contributed by atoms with Gasteiger partial charge in [-0.2, -0.15) is 0 Å². The molecule has 0 saturated carbocycles. The van der Waals surface area contributed by atoms with E-state index in [1.54, 1.807) is 0 Å². The molecule has 5 heteroatoms. The highest BCUT2D eigenvalue weighted by molar-refractivity contribution is 5.85. The molecule has 1 atom stereocenters. The largest absolute Gasteiger partial charge is 0.356 e. The van der Waals surface area contributed by atoms with Gasteiger partial charge in [0.1, 0.15) is 0 Å². The molecule has 1 saturated heterocycles. The molecule has 108 valence electrons. The number of halogens is 1. The van der Waals surface area contributed by atoms with Crippen LogP contribution in [0.4, 0.5) is 0 Å². The van der Waals surface area contributed by atoms with Crippen LogP contribution in [0, 0.1) is 0 Å². The average molecular weight is 294 g/mol. The van der Waals surface area contributed by atoms with E-state index in [4.69, 9.17) is 4.52 Å². The van der Waals surface area contributed by atoms with Crippen molar-refractivity contribution in [3.05, 3.63) is 42.1 Å². The second-order valence-corrected chi connectivity index (χ2v) is 5.07. The van der Waals surface area contributed by atoms with E-state index >= 15 is 0 Å². The summed E-state index contributed by atoms with van der Waals surface area (Å²) in [5.74, 6) is 0.846. The average Bonchev–Trinajstić information content (AvgIpc) is 2.91. The van der Waals surface area contributed by atoms with Gasteiger partial charge in [-0.05, 0) is 6.92 Å². The molecule has 1 unspecified atom stereocenters. The molecule has 1 aromatic heterocycles. The predicted octanol–water partition coefficient (Wildman–Crippen LogP) is 2.56. The molecule has 1 aliphatic heterocycles. The van der Waals surface area contributed by atoms with E-state index in [1.807, 2.05) is 36.4 Å². The highest BCUT2D eigenvalue weighted by atomic mass is 35.5. The van der Waals surface area contributed by atoms with Crippen LogP contribution in [-0.4, -0.2) is 35.7 Å². The zero-order chi connectivity index (χ0) is 13.1. The summed E-state index contributed by atoms with van der Waals surface area (Å²) in [6, 6.07) is 12.7. The first-order chi connectivity index (χ1) is 9.33. The molecule has 0 aliphatic carbocycles. The molecule has 4 nitrogen and oxygen atoms in total. The first kappa shape index (κ1) is 15.0. The van der Waals surface area contributed by atoms with Gasteiger partial charge in [0.15, 0.2) is 5.76 Å². The molecule has 0 bridgehead atoms. The van der Waals surface area contributed by atoms with Crippen molar-refractivity contribution in [3.63, 3.8) is 0 Å². The second-order valence-electron chi connectivity index (χ2n) is 5.07. The number of aromatic nitrogens is 1. The Labute approximate surface area is 125 Å². The van der Waals surface area contributed by atoms with Gasteiger partial charge in [0, 0.05) is 43.9 Å². The van der Waals surface area contributed by atoms with Crippen molar-refractivity contribution in [2.45, 2.75) is 19.5 Å². The third kappa shape index (κ3) is 3.39. The third-order valence-corrected chi connectivity index (χ3v) is 3.62. The second kappa shape index (κ2) is 6.88. The minimum absolute atomic E-state index is 0. The van der Waals surface area contributed by atoms with Crippen molar-refractivity contribution in [1.82, 2.24) is 15.4 Å². The van der Waals surface area contributed by atoms with Gasteiger partial charge in [-0.1, -0.05) is 35.5 Å².